The summed E-state index contributed by atoms with van der Waals surface area (Å²) >= 11 is 6.42. The van der Waals surface area contributed by atoms with Gasteiger partial charge in [0.15, 0.2) is 0 Å². The summed E-state index contributed by atoms with van der Waals surface area (Å²) in [6.07, 6.45) is 1.40. The number of hydrogen-bond donors (Lipinski definition) is 3. The Kier molecular flexibility index (Phi) is 5.73. The van der Waals surface area contributed by atoms with Crippen LogP contribution in [0.15, 0.2) is 42.7 Å². The Morgan fingerprint density at radius 1 is 1.30 bits per heavy atom. The molecule has 0 bridgehead atoms. The maximum Gasteiger partial charge on any atom is 0.250 e. The molecule has 0 aliphatic heterocycles. The number of fused-ring (bicyclic) bond motifs is 1. The first kappa shape index (κ1) is 18.9. The Morgan fingerprint density at radius 3 is 2.81 bits per heavy atom. The fourth-order valence-corrected chi connectivity index (χ4v) is 3.17. The molecule has 1 amide bonds. The van der Waals surface area contributed by atoms with Gasteiger partial charge in [-0.1, -0.05) is 17.7 Å². The summed E-state index contributed by atoms with van der Waals surface area (Å²) in [6, 6.07) is 10.5. The molecule has 27 heavy (non-hydrogen) atoms. The van der Waals surface area contributed by atoms with Crippen LogP contribution in [0.4, 0.5) is 5.82 Å². The minimum atomic E-state index is -0.534. The molecule has 140 valence electrons. The number of anilines is 1. The normalized spacial score (nSPS) is 12.0. The largest absolute Gasteiger partial charge is 0.497 e. The number of amides is 1. The third-order valence-electron chi connectivity index (χ3n) is 4.23. The van der Waals surface area contributed by atoms with Gasteiger partial charge in [0.2, 0.25) is 0 Å². The third-order valence-corrected chi connectivity index (χ3v) is 4.57. The summed E-state index contributed by atoms with van der Waals surface area (Å²) in [5, 5.41) is 7.85. The van der Waals surface area contributed by atoms with Crippen molar-refractivity contribution in [2.24, 2.45) is 5.73 Å². The molecule has 0 saturated heterocycles. The number of nitrogens with two attached hydrogens (primary N) is 1. The molecule has 1 heterocycles. The second kappa shape index (κ2) is 8.20. The van der Waals surface area contributed by atoms with Crippen molar-refractivity contribution in [2.45, 2.75) is 6.04 Å². The molecule has 0 radical (unpaired) electrons. The number of benzene rings is 2. The number of para-hydroxylation sites is 1. The molecule has 1 aromatic heterocycles. The van der Waals surface area contributed by atoms with E-state index in [0.717, 1.165) is 5.56 Å². The number of ether oxygens (including phenoxy) is 1. The van der Waals surface area contributed by atoms with E-state index in [2.05, 4.69) is 20.6 Å². The van der Waals surface area contributed by atoms with Crippen LogP contribution in [0.2, 0.25) is 5.02 Å². The number of aromatic nitrogens is 2. The van der Waals surface area contributed by atoms with Gasteiger partial charge in [0.05, 0.1) is 24.2 Å². The number of halogens is 1. The maximum atomic E-state index is 11.7. The monoisotopic (exact) mass is 385 g/mol. The van der Waals surface area contributed by atoms with Crippen LogP contribution >= 0.6 is 11.6 Å². The third kappa shape index (κ3) is 3.94. The van der Waals surface area contributed by atoms with Crippen LogP contribution in [0.1, 0.15) is 22.0 Å². The number of nitrogens with one attached hydrogen (secondary N) is 2. The quantitative estimate of drug-likeness (QED) is 0.578. The van der Waals surface area contributed by atoms with Gasteiger partial charge in [-0.15, -0.1) is 0 Å². The summed E-state index contributed by atoms with van der Waals surface area (Å²) in [7, 11) is 3.46. The predicted octanol–water partition coefficient (Wildman–Crippen LogP) is 2.76. The Bertz CT molecular complexity index is 979. The molecule has 0 aliphatic rings. The van der Waals surface area contributed by atoms with Gasteiger partial charge in [0.1, 0.15) is 17.9 Å². The lowest BCUT2D eigenvalue weighted by Gasteiger charge is -2.22. The van der Waals surface area contributed by atoms with Gasteiger partial charge >= 0.3 is 0 Å². The Balaban J connectivity index is 2.06. The van der Waals surface area contributed by atoms with Gasteiger partial charge in [0.25, 0.3) is 5.91 Å². The lowest BCUT2D eigenvalue weighted by atomic mass is 10.1. The topological polar surface area (TPSA) is 102 Å². The lowest BCUT2D eigenvalue weighted by molar-refractivity contribution is 0.100. The number of rotatable bonds is 7. The SMILES string of the molecule is CNC[C@@H](Nc1ncnc2c(C(N)=O)cccc12)c1cc(OC)ccc1Cl. The average Bonchev–Trinajstić information content (AvgIpc) is 2.67. The summed E-state index contributed by atoms with van der Waals surface area (Å²) in [4.78, 5) is 20.3. The molecular formula is C19H20ClN5O2. The molecule has 3 aromatic rings. The van der Waals surface area contributed by atoms with Crippen LogP contribution < -0.4 is 21.1 Å². The minimum absolute atomic E-state index is 0.187. The van der Waals surface area contributed by atoms with E-state index in [9.17, 15) is 4.79 Å². The number of carbonyl (C=O) groups excluding carboxylic acids is 1. The molecule has 0 aliphatic carbocycles. The molecule has 7 nitrogen and oxygen atoms in total. The fraction of sp³-hybridized carbons (Fsp3) is 0.211. The molecule has 2 aromatic carbocycles. The molecule has 0 spiro atoms. The predicted molar refractivity (Wildman–Crippen MR) is 106 cm³/mol. The van der Waals surface area contributed by atoms with Crippen molar-refractivity contribution in [2.75, 3.05) is 26.0 Å². The second-order valence-corrected chi connectivity index (χ2v) is 6.34. The first-order chi connectivity index (χ1) is 13.0. The molecule has 1 atom stereocenters. The van der Waals surface area contributed by atoms with E-state index in [-0.39, 0.29) is 6.04 Å². The minimum Gasteiger partial charge on any atom is -0.497 e. The zero-order valence-electron chi connectivity index (χ0n) is 15.0. The van der Waals surface area contributed by atoms with Gasteiger partial charge in [-0.05, 0) is 42.9 Å². The molecule has 0 fully saturated rings. The van der Waals surface area contributed by atoms with E-state index in [1.807, 2.05) is 25.2 Å². The second-order valence-electron chi connectivity index (χ2n) is 5.93. The van der Waals surface area contributed by atoms with Crippen molar-refractivity contribution in [3.63, 3.8) is 0 Å². The van der Waals surface area contributed by atoms with Crippen molar-refractivity contribution in [1.82, 2.24) is 15.3 Å². The van der Waals surface area contributed by atoms with E-state index in [0.29, 0.717) is 39.6 Å². The van der Waals surface area contributed by atoms with Crippen molar-refractivity contribution >= 4 is 34.2 Å². The Hall–Kier alpha value is -2.90. The first-order valence-electron chi connectivity index (χ1n) is 8.33. The lowest BCUT2D eigenvalue weighted by Crippen LogP contribution is -2.24. The molecular weight excluding hydrogens is 366 g/mol. The number of carbonyl (C=O) groups is 1. The Morgan fingerprint density at radius 2 is 2.11 bits per heavy atom. The van der Waals surface area contributed by atoms with Gasteiger partial charge < -0.3 is 21.1 Å². The van der Waals surface area contributed by atoms with Crippen LogP contribution in [-0.4, -0.2) is 36.6 Å². The first-order valence-corrected chi connectivity index (χ1v) is 8.71. The zero-order valence-corrected chi connectivity index (χ0v) is 15.7. The van der Waals surface area contributed by atoms with Crippen molar-refractivity contribution in [3.8, 4) is 5.75 Å². The van der Waals surface area contributed by atoms with Gasteiger partial charge in [-0.25, -0.2) is 9.97 Å². The van der Waals surface area contributed by atoms with E-state index < -0.39 is 5.91 Å². The maximum absolute atomic E-state index is 11.7. The number of methoxy groups -OCH3 is 1. The summed E-state index contributed by atoms with van der Waals surface area (Å²) in [6.45, 7) is 0.591. The highest BCUT2D eigenvalue weighted by atomic mass is 35.5. The van der Waals surface area contributed by atoms with Crippen LogP contribution in [0.25, 0.3) is 10.9 Å². The van der Waals surface area contributed by atoms with Gasteiger partial charge in [0, 0.05) is 17.0 Å². The number of hydrogen-bond acceptors (Lipinski definition) is 6. The summed E-state index contributed by atoms with van der Waals surface area (Å²) in [5.74, 6) is 0.760. The summed E-state index contributed by atoms with van der Waals surface area (Å²) in [5.41, 5.74) is 7.18. The van der Waals surface area contributed by atoms with Crippen LogP contribution in [0.3, 0.4) is 0 Å². The highest BCUT2D eigenvalue weighted by Crippen LogP contribution is 2.31. The highest BCUT2D eigenvalue weighted by Gasteiger charge is 2.18. The van der Waals surface area contributed by atoms with Crippen LogP contribution in [-0.2, 0) is 0 Å². The zero-order chi connectivity index (χ0) is 19.4. The number of nitrogens with zero attached hydrogens (tertiary/aromatic N) is 2. The molecule has 0 unspecified atom stereocenters. The standard InChI is InChI=1S/C19H20ClN5O2/c1-22-9-16(14-8-11(27-2)6-7-15(14)20)25-19-13-5-3-4-12(18(21)26)17(13)23-10-24-19/h3-8,10,16,22H,9H2,1-2H3,(H2,21,26)(H,23,24,25)/t16-/m1/s1. The molecule has 3 rings (SSSR count). The highest BCUT2D eigenvalue weighted by molar-refractivity contribution is 6.31. The van der Waals surface area contributed by atoms with E-state index in [1.54, 1.807) is 25.3 Å². The smallest absolute Gasteiger partial charge is 0.250 e. The fourth-order valence-electron chi connectivity index (χ4n) is 2.93. The molecule has 4 N–H and O–H groups in total. The number of likely N-dealkylation sites (N-methyl/N-ethyl adjacent to an activating group) is 1. The van der Waals surface area contributed by atoms with E-state index in [1.165, 1.54) is 6.33 Å². The van der Waals surface area contributed by atoms with Crippen molar-refractivity contribution < 1.29 is 9.53 Å². The average molecular weight is 386 g/mol. The Labute approximate surface area is 161 Å². The van der Waals surface area contributed by atoms with Gasteiger partial charge in [-0.3, -0.25) is 4.79 Å². The van der Waals surface area contributed by atoms with Crippen LogP contribution in [0, 0.1) is 0 Å². The van der Waals surface area contributed by atoms with Crippen molar-refractivity contribution in [1.29, 1.82) is 0 Å². The van der Waals surface area contributed by atoms with Gasteiger partial charge in [-0.2, -0.15) is 0 Å². The summed E-state index contributed by atoms with van der Waals surface area (Å²) < 4.78 is 5.32. The van der Waals surface area contributed by atoms with E-state index in [4.69, 9.17) is 22.1 Å². The van der Waals surface area contributed by atoms with Crippen LogP contribution in [0.5, 0.6) is 5.75 Å². The molecule has 0 saturated carbocycles. The van der Waals surface area contributed by atoms with E-state index >= 15 is 0 Å². The number of primary amides is 1. The van der Waals surface area contributed by atoms with Crippen molar-refractivity contribution in [3.05, 3.63) is 58.9 Å². The molecule has 8 heteroatoms.